The molecule has 0 bridgehead atoms. The molecule has 4 rings (SSSR count). The van der Waals surface area contributed by atoms with Crippen molar-refractivity contribution < 1.29 is 109 Å². The minimum atomic E-state index is -2.25. The van der Waals surface area contributed by atoms with Crippen LogP contribution in [0.1, 0.15) is 13.8 Å². The fourth-order valence-electron chi connectivity index (χ4n) is 6.31. The van der Waals surface area contributed by atoms with Gasteiger partial charge in [0.15, 0.2) is 31.3 Å². The van der Waals surface area contributed by atoms with E-state index in [0.29, 0.717) is 0 Å². The maximum absolute atomic E-state index is 12.3. The van der Waals surface area contributed by atoms with Gasteiger partial charge in [-0.25, -0.2) is 4.79 Å². The average Bonchev–Trinajstić information content (AvgIpc) is 3.08. The number of carbonyl (C=O) groups is 3. The van der Waals surface area contributed by atoms with E-state index < -0.39 is 160 Å². The third kappa shape index (κ3) is 8.96. The molecule has 4 saturated heterocycles. The summed E-state index contributed by atoms with van der Waals surface area (Å²) in [7, 11) is 0. The first-order valence-electron chi connectivity index (χ1n) is 16.1. The third-order valence-electron chi connectivity index (χ3n) is 8.98. The Morgan fingerprint density at radius 2 is 0.981 bits per heavy atom. The molecule has 20 atom stereocenters. The molecule has 24 nitrogen and oxygen atoms in total. The van der Waals surface area contributed by atoms with Crippen molar-refractivity contribution in [3.63, 3.8) is 0 Å². The number of hydrogen-bond donors (Lipinski definition) is 14. The molecule has 2 amide bonds. The Bertz CT molecular complexity index is 1220. The topological polar surface area (TPSA) is 383 Å². The maximum Gasteiger partial charge on any atom is 0.335 e. The molecule has 0 aromatic heterocycles. The Labute approximate surface area is 293 Å². The molecule has 24 heteroatoms. The second-order valence-electron chi connectivity index (χ2n) is 12.7. The van der Waals surface area contributed by atoms with Crippen molar-refractivity contribution >= 4 is 17.8 Å². The van der Waals surface area contributed by atoms with Gasteiger partial charge in [0.1, 0.15) is 91.4 Å². The van der Waals surface area contributed by atoms with Gasteiger partial charge in [-0.3, -0.25) is 9.59 Å². The Balaban J connectivity index is 1.56. The second kappa shape index (κ2) is 17.9. The molecular formula is C28H46N2O22. The van der Waals surface area contributed by atoms with Crippen LogP contribution in [-0.4, -0.2) is 222 Å². The van der Waals surface area contributed by atoms with Crippen molar-refractivity contribution in [2.24, 2.45) is 0 Å². The highest BCUT2D eigenvalue weighted by atomic mass is 16.8. The minimum Gasteiger partial charge on any atom is -0.479 e. The molecular weight excluding hydrogens is 716 g/mol. The van der Waals surface area contributed by atoms with Crippen LogP contribution in [0.4, 0.5) is 0 Å². The highest BCUT2D eigenvalue weighted by molar-refractivity contribution is 5.74. The summed E-state index contributed by atoms with van der Waals surface area (Å²) >= 11 is 0. The fourth-order valence-corrected chi connectivity index (χ4v) is 6.31. The van der Waals surface area contributed by atoms with Crippen LogP contribution in [0, 0.1) is 0 Å². The van der Waals surface area contributed by atoms with Crippen LogP contribution >= 0.6 is 0 Å². The van der Waals surface area contributed by atoms with E-state index in [0.717, 1.165) is 13.8 Å². The van der Waals surface area contributed by atoms with Crippen molar-refractivity contribution in [2.45, 2.75) is 137 Å². The number of carbonyl (C=O) groups excluding carboxylic acids is 2. The molecule has 0 spiro atoms. The van der Waals surface area contributed by atoms with E-state index in [1.54, 1.807) is 0 Å². The highest BCUT2D eigenvalue weighted by Gasteiger charge is 2.56. The number of hydrogen-bond acceptors (Lipinski definition) is 21. The molecule has 14 N–H and O–H groups in total. The first-order chi connectivity index (χ1) is 24.4. The summed E-state index contributed by atoms with van der Waals surface area (Å²) in [5.74, 6) is -3.29. The number of carboxylic acid groups (broad SMARTS) is 1. The van der Waals surface area contributed by atoms with E-state index in [4.69, 9.17) is 33.2 Å². The van der Waals surface area contributed by atoms with Crippen LogP contribution < -0.4 is 10.6 Å². The van der Waals surface area contributed by atoms with Crippen molar-refractivity contribution in [1.82, 2.24) is 10.6 Å². The Morgan fingerprint density at radius 1 is 0.519 bits per heavy atom. The van der Waals surface area contributed by atoms with E-state index in [1.165, 1.54) is 0 Å². The molecule has 4 aliphatic heterocycles. The molecule has 0 aliphatic carbocycles. The van der Waals surface area contributed by atoms with Crippen molar-refractivity contribution in [3.8, 4) is 0 Å². The van der Waals surface area contributed by atoms with Crippen LogP contribution in [0.5, 0.6) is 0 Å². The van der Waals surface area contributed by atoms with Gasteiger partial charge in [0.2, 0.25) is 11.8 Å². The predicted octanol–water partition coefficient (Wildman–Crippen LogP) is -9.37. The summed E-state index contributed by atoms with van der Waals surface area (Å²) < 4.78 is 38.2. The summed E-state index contributed by atoms with van der Waals surface area (Å²) in [6.07, 6.45) is -34.4. The molecule has 0 saturated carbocycles. The summed E-state index contributed by atoms with van der Waals surface area (Å²) in [5, 5.41) is 130. The lowest BCUT2D eigenvalue weighted by Crippen LogP contribution is -2.69. The van der Waals surface area contributed by atoms with E-state index in [1.807, 2.05) is 0 Å². The number of amides is 2. The fraction of sp³-hybridized carbons (Fsp3) is 0.893. The lowest BCUT2D eigenvalue weighted by molar-refractivity contribution is -0.378. The van der Waals surface area contributed by atoms with Gasteiger partial charge < -0.3 is 105 Å². The zero-order valence-electron chi connectivity index (χ0n) is 27.6. The number of aliphatic hydroxyl groups excluding tert-OH is 11. The van der Waals surface area contributed by atoms with E-state index in [-0.39, 0.29) is 0 Å². The molecule has 4 heterocycles. The monoisotopic (exact) mass is 762 g/mol. The first-order valence-corrected chi connectivity index (χ1v) is 16.1. The van der Waals surface area contributed by atoms with Gasteiger partial charge in [-0.05, 0) is 0 Å². The van der Waals surface area contributed by atoms with Crippen molar-refractivity contribution in [2.75, 3.05) is 19.8 Å². The Hall–Kier alpha value is -2.31. The van der Waals surface area contributed by atoms with Gasteiger partial charge >= 0.3 is 5.97 Å². The van der Waals surface area contributed by atoms with Crippen LogP contribution in [-0.2, 0) is 47.5 Å². The second-order valence-corrected chi connectivity index (χ2v) is 12.7. The summed E-state index contributed by atoms with van der Waals surface area (Å²) in [6, 6.07) is -3.11. The highest BCUT2D eigenvalue weighted by Crippen LogP contribution is 2.34. The van der Waals surface area contributed by atoms with Crippen LogP contribution in [0.2, 0.25) is 0 Å². The number of ether oxygens (including phenoxy) is 7. The van der Waals surface area contributed by atoms with Gasteiger partial charge in [-0.2, -0.15) is 0 Å². The Kier molecular flexibility index (Phi) is 14.6. The summed E-state index contributed by atoms with van der Waals surface area (Å²) in [6.45, 7) is -0.554. The lowest BCUT2D eigenvalue weighted by Gasteiger charge is -2.49. The minimum absolute atomic E-state index is 0.717. The third-order valence-corrected chi connectivity index (χ3v) is 8.98. The standard InChI is InChI=1S/C28H46N2O22/c1-6(34)29-11-16(39)13(36)8(3-31)47-26(11)51-22-17(40)18(41)27(52-23(22)24(43)44)50-21-15(38)10(5-33)48-28(19(21)42)49-20-12(30-7(2)35)25(45)46-9(4-32)14(20)37/h8-23,25-28,31-33,36-42,45H,3-5H2,1-2H3,(H,29,34)(H,30,35)(H,43,44)/t8-,9-,10-,11-,12-,13-,14-,15-,16-,17-,18-,19+,20-,21+,22-,23+,25-,26+,27+,28-/m1/s1. The van der Waals surface area contributed by atoms with Gasteiger partial charge in [0.05, 0.1) is 19.8 Å². The molecule has 4 aliphatic rings. The number of aliphatic hydroxyl groups is 11. The van der Waals surface area contributed by atoms with Gasteiger partial charge in [-0.15, -0.1) is 0 Å². The molecule has 0 radical (unpaired) electrons. The molecule has 52 heavy (non-hydrogen) atoms. The normalized spacial score (nSPS) is 47.0. The number of nitrogens with one attached hydrogen (secondary N) is 2. The largest absolute Gasteiger partial charge is 0.479 e. The van der Waals surface area contributed by atoms with Crippen LogP contribution in [0.25, 0.3) is 0 Å². The molecule has 300 valence electrons. The van der Waals surface area contributed by atoms with Crippen LogP contribution in [0.3, 0.4) is 0 Å². The van der Waals surface area contributed by atoms with Gasteiger partial charge in [0.25, 0.3) is 0 Å². The van der Waals surface area contributed by atoms with E-state index in [2.05, 4.69) is 10.6 Å². The smallest absolute Gasteiger partial charge is 0.335 e. The number of carboxylic acids is 1. The van der Waals surface area contributed by atoms with Gasteiger partial charge in [0, 0.05) is 13.8 Å². The van der Waals surface area contributed by atoms with Crippen molar-refractivity contribution in [3.05, 3.63) is 0 Å². The van der Waals surface area contributed by atoms with Crippen molar-refractivity contribution in [1.29, 1.82) is 0 Å². The van der Waals surface area contributed by atoms with Gasteiger partial charge in [-0.1, -0.05) is 0 Å². The number of aliphatic carboxylic acids is 1. The average molecular weight is 763 g/mol. The molecule has 0 unspecified atom stereocenters. The van der Waals surface area contributed by atoms with E-state index >= 15 is 0 Å². The lowest BCUT2D eigenvalue weighted by atomic mass is 9.94. The zero-order chi connectivity index (χ0) is 38.8. The Morgan fingerprint density at radius 3 is 1.54 bits per heavy atom. The molecule has 0 aromatic rings. The molecule has 4 fully saturated rings. The van der Waals surface area contributed by atoms with E-state index in [9.17, 15) is 75.7 Å². The maximum atomic E-state index is 12.3. The number of rotatable bonds is 12. The molecule has 0 aromatic carbocycles. The SMILES string of the molecule is CC(=O)N[C@@H]1[C@@H](O[C@H]2O[C@H](CO)[C@@H](O)[C@H](O[C@H]3O[C@H](C(=O)O)[C@H](O[C@@H]4O[C@H](CO)[C@@H](O)[C@H](O)[C@H]4NC(C)=O)[C@H](O)[C@H]3O)[C@@H]2O)[C@H](O)[C@@H](CO)O[C@H]1O. The summed E-state index contributed by atoms with van der Waals surface area (Å²) in [4.78, 5) is 36.0. The first kappa shape index (κ1) is 42.4. The zero-order valence-corrected chi connectivity index (χ0v) is 27.6. The quantitative estimate of drug-likeness (QED) is 0.0877. The van der Waals surface area contributed by atoms with Crippen LogP contribution in [0.15, 0.2) is 0 Å². The summed E-state index contributed by atoms with van der Waals surface area (Å²) in [5.41, 5.74) is 0. The predicted molar refractivity (Wildman–Crippen MR) is 158 cm³/mol.